The van der Waals surface area contributed by atoms with E-state index in [4.69, 9.17) is 20.3 Å². The minimum Gasteiger partial charge on any atom is -0.394 e. The van der Waals surface area contributed by atoms with Crippen LogP contribution in [0.15, 0.2) is 17.1 Å². The van der Waals surface area contributed by atoms with Crippen molar-refractivity contribution in [3.8, 4) is 0 Å². The summed E-state index contributed by atoms with van der Waals surface area (Å²) >= 11 is 0. The number of hydrogen-bond donors (Lipinski definition) is 3. The Morgan fingerprint density at radius 2 is 2.39 bits per heavy atom. The van der Waals surface area contributed by atoms with E-state index >= 15 is 0 Å². The number of nitrogen functional groups attached to an aromatic ring is 1. The Bertz CT molecular complexity index is 477. The molecule has 0 radical (unpaired) electrons. The number of methoxy groups -OCH3 is 1. The summed E-state index contributed by atoms with van der Waals surface area (Å²) in [6.07, 6.45) is -2.01. The van der Waals surface area contributed by atoms with Crippen LogP contribution in [0.25, 0.3) is 0 Å². The smallest absolute Gasteiger partial charge is 0.351 e. The highest BCUT2D eigenvalue weighted by molar-refractivity contribution is 5.23. The number of aliphatic hydroxyl groups is 2. The maximum Gasteiger partial charge on any atom is 0.351 e. The largest absolute Gasteiger partial charge is 0.394 e. The Balaban J connectivity index is 2.35. The lowest BCUT2D eigenvalue weighted by Crippen LogP contribution is -2.37. The van der Waals surface area contributed by atoms with Crippen LogP contribution in [0.5, 0.6) is 0 Å². The summed E-state index contributed by atoms with van der Waals surface area (Å²) in [6.45, 7) is -0.366. The lowest BCUT2D eigenvalue weighted by Gasteiger charge is -2.20. The molecule has 4 N–H and O–H groups in total. The van der Waals surface area contributed by atoms with Crippen molar-refractivity contribution in [2.45, 2.75) is 24.5 Å². The van der Waals surface area contributed by atoms with Gasteiger partial charge in [0.05, 0.1) is 6.61 Å². The summed E-state index contributed by atoms with van der Waals surface area (Å²) in [4.78, 5) is 15.3. The second-order valence-electron chi connectivity index (χ2n) is 3.98. The molecule has 1 aliphatic rings. The topological polar surface area (TPSA) is 120 Å². The summed E-state index contributed by atoms with van der Waals surface area (Å²) in [6, 6.07) is 1.44. The predicted molar refractivity (Wildman–Crippen MR) is 60.7 cm³/mol. The molecule has 1 aliphatic heterocycles. The van der Waals surface area contributed by atoms with Crippen molar-refractivity contribution in [1.29, 1.82) is 0 Å². The van der Waals surface area contributed by atoms with E-state index in [0.29, 0.717) is 0 Å². The van der Waals surface area contributed by atoms with Gasteiger partial charge in [-0.2, -0.15) is 4.98 Å². The Morgan fingerprint density at radius 3 is 2.94 bits per heavy atom. The van der Waals surface area contributed by atoms with Crippen LogP contribution < -0.4 is 11.4 Å². The third-order valence-corrected chi connectivity index (χ3v) is 2.89. The van der Waals surface area contributed by atoms with E-state index in [1.807, 2.05) is 0 Å². The third kappa shape index (κ3) is 2.10. The Morgan fingerprint density at radius 1 is 1.67 bits per heavy atom. The first-order valence-corrected chi connectivity index (χ1v) is 5.40. The summed E-state index contributed by atoms with van der Waals surface area (Å²) in [5.74, 6) is 0.0995. The van der Waals surface area contributed by atoms with Gasteiger partial charge in [-0.1, -0.05) is 0 Å². The van der Waals surface area contributed by atoms with Gasteiger partial charge in [0.1, 0.15) is 24.1 Å². The number of ether oxygens (including phenoxy) is 2. The maximum atomic E-state index is 11.7. The van der Waals surface area contributed by atoms with Crippen LogP contribution in [0.2, 0.25) is 0 Å². The van der Waals surface area contributed by atoms with E-state index in [2.05, 4.69) is 4.98 Å². The van der Waals surface area contributed by atoms with Crippen molar-refractivity contribution in [3.63, 3.8) is 0 Å². The number of nitrogens with zero attached hydrogens (tertiary/aromatic N) is 2. The lowest BCUT2D eigenvalue weighted by molar-refractivity contribution is -0.0624. The van der Waals surface area contributed by atoms with Gasteiger partial charge in [-0.3, -0.25) is 4.57 Å². The number of nitrogens with two attached hydrogens (primary N) is 1. The van der Waals surface area contributed by atoms with Crippen LogP contribution in [-0.4, -0.2) is 51.8 Å². The molecular formula is C10H15N3O5. The molecule has 0 amide bonds. The highest BCUT2D eigenvalue weighted by Crippen LogP contribution is 2.30. The fourth-order valence-corrected chi connectivity index (χ4v) is 1.97. The summed E-state index contributed by atoms with van der Waals surface area (Å²) in [7, 11) is 1.39. The number of anilines is 1. The van der Waals surface area contributed by atoms with Gasteiger partial charge in [-0.15, -0.1) is 0 Å². The van der Waals surface area contributed by atoms with Gasteiger partial charge in [0, 0.05) is 13.3 Å². The molecule has 1 aromatic rings. The van der Waals surface area contributed by atoms with Crippen molar-refractivity contribution in [2.75, 3.05) is 19.5 Å². The van der Waals surface area contributed by atoms with Crippen LogP contribution in [-0.2, 0) is 9.47 Å². The van der Waals surface area contributed by atoms with E-state index in [0.717, 1.165) is 0 Å². The molecule has 0 spiro atoms. The highest BCUT2D eigenvalue weighted by Gasteiger charge is 2.45. The highest BCUT2D eigenvalue weighted by atomic mass is 16.6. The van der Waals surface area contributed by atoms with Crippen LogP contribution in [0.3, 0.4) is 0 Å². The van der Waals surface area contributed by atoms with Gasteiger partial charge >= 0.3 is 5.69 Å². The van der Waals surface area contributed by atoms with Crippen molar-refractivity contribution in [3.05, 3.63) is 22.7 Å². The second-order valence-corrected chi connectivity index (χ2v) is 3.98. The second kappa shape index (κ2) is 5.02. The fourth-order valence-electron chi connectivity index (χ4n) is 1.97. The SMILES string of the molecule is CO[C@H]1[C@H](O)[C@@H](CO)O[C@H]1n1ccc(N)nc1=O. The van der Waals surface area contributed by atoms with Crippen molar-refractivity contribution < 1.29 is 19.7 Å². The van der Waals surface area contributed by atoms with Gasteiger partial charge in [0.15, 0.2) is 6.23 Å². The molecule has 8 nitrogen and oxygen atoms in total. The zero-order chi connectivity index (χ0) is 13.3. The van der Waals surface area contributed by atoms with Gasteiger partial charge in [0.25, 0.3) is 0 Å². The first-order chi connectivity index (χ1) is 8.58. The van der Waals surface area contributed by atoms with E-state index in [-0.39, 0.29) is 12.4 Å². The average Bonchev–Trinajstić information content (AvgIpc) is 2.65. The van der Waals surface area contributed by atoms with E-state index in [9.17, 15) is 9.90 Å². The van der Waals surface area contributed by atoms with E-state index in [1.165, 1.54) is 23.9 Å². The molecular weight excluding hydrogens is 242 g/mol. The molecule has 4 atom stereocenters. The molecule has 0 saturated carbocycles. The molecule has 2 rings (SSSR count). The van der Waals surface area contributed by atoms with Crippen molar-refractivity contribution >= 4 is 5.82 Å². The first-order valence-electron chi connectivity index (χ1n) is 5.40. The molecule has 100 valence electrons. The minimum absolute atomic E-state index is 0.0995. The number of aromatic nitrogens is 2. The van der Waals surface area contributed by atoms with Gasteiger partial charge in [-0.25, -0.2) is 4.79 Å². The Hall–Kier alpha value is -1.48. The standard InChI is InChI=1S/C10H15N3O5/c1-17-8-7(15)5(4-14)18-9(8)13-3-2-6(11)12-10(13)16/h2-3,5,7-9,14-15H,4H2,1H3,(H2,11,12,16)/t5-,7-,8+,9-/m1/s1. The first kappa shape index (κ1) is 13.0. The average molecular weight is 257 g/mol. The van der Waals surface area contributed by atoms with E-state index in [1.54, 1.807) is 0 Å². The maximum absolute atomic E-state index is 11.7. The quantitative estimate of drug-likeness (QED) is 0.578. The van der Waals surface area contributed by atoms with Gasteiger partial charge in [0.2, 0.25) is 0 Å². The Kier molecular flexibility index (Phi) is 3.62. The van der Waals surface area contributed by atoms with Crippen LogP contribution >= 0.6 is 0 Å². The molecule has 8 heteroatoms. The van der Waals surface area contributed by atoms with Crippen molar-refractivity contribution in [2.24, 2.45) is 0 Å². The molecule has 1 aromatic heterocycles. The molecule has 0 bridgehead atoms. The minimum atomic E-state index is -1.02. The number of hydrogen-bond acceptors (Lipinski definition) is 7. The van der Waals surface area contributed by atoms with Gasteiger partial charge < -0.3 is 25.4 Å². The van der Waals surface area contributed by atoms with E-state index < -0.39 is 30.2 Å². The predicted octanol–water partition coefficient (Wildman–Crippen LogP) is -1.91. The molecule has 0 aromatic carbocycles. The summed E-state index contributed by atoms with van der Waals surface area (Å²) < 4.78 is 11.7. The van der Waals surface area contributed by atoms with Gasteiger partial charge in [-0.05, 0) is 6.07 Å². The molecule has 0 aliphatic carbocycles. The summed E-state index contributed by atoms with van der Waals surface area (Å²) in [5, 5.41) is 18.9. The lowest BCUT2D eigenvalue weighted by atomic mass is 10.1. The monoisotopic (exact) mass is 257 g/mol. The number of aliphatic hydroxyl groups excluding tert-OH is 2. The van der Waals surface area contributed by atoms with Crippen molar-refractivity contribution in [1.82, 2.24) is 9.55 Å². The fraction of sp³-hybridized carbons (Fsp3) is 0.600. The molecule has 0 unspecified atom stereocenters. The zero-order valence-electron chi connectivity index (χ0n) is 9.76. The summed E-state index contributed by atoms with van der Waals surface area (Å²) in [5.41, 5.74) is 4.78. The molecule has 18 heavy (non-hydrogen) atoms. The molecule has 2 heterocycles. The van der Waals surface area contributed by atoms with Crippen LogP contribution in [0.1, 0.15) is 6.23 Å². The molecule has 1 fully saturated rings. The third-order valence-electron chi connectivity index (χ3n) is 2.89. The Labute approximate surface area is 103 Å². The molecule has 1 saturated heterocycles. The van der Waals surface area contributed by atoms with Crippen LogP contribution in [0.4, 0.5) is 5.82 Å². The zero-order valence-corrected chi connectivity index (χ0v) is 9.76. The number of rotatable bonds is 3. The normalized spacial score (nSPS) is 31.7. The van der Waals surface area contributed by atoms with Crippen LogP contribution in [0, 0.1) is 0 Å².